The van der Waals surface area contributed by atoms with E-state index >= 15 is 0 Å². The Morgan fingerprint density at radius 1 is 1.27 bits per heavy atom. The molecule has 0 unspecified atom stereocenters. The Labute approximate surface area is 174 Å². The highest BCUT2D eigenvalue weighted by Crippen LogP contribution is 2.34. The van der Waals surface area contributed by atoms with Crippen molar-refractivity contribution in [2.24, 2.45) is 0 Å². The Bertz CT molecular complexity index is 1120. The summed E-state index contributed by atoms with van der Waals surface area (Å²) in [6.07, 6.45) is 4.26. The maximum atomic E-state index is 13.0. The van der Waals surface area contributed by atoms with E-state index in [1.807, 2.05) is 13.8 Å². The molecule has 0 bridgehead atoms. The molecule has 0 aliphatic carbocycles. The van der Waals surface area contributed by atoms with Crippen LogP contribution >= 0.6 is 0 Å². The number of fused-ring (bicyclic) bond motifs is 2. The number of nitrogens with one attached hydrogen (secondary N) is 2. The van der Waals surface area contributed by atoms with Gasteiger partial charge in [0.05, 0.1) is 11.9 Å². The number of hydrogen-bond donors (Lipinski definition) is 2. The zero-order valence-electron chi connectivity index (χ0n) is 17.4. The molecule has 1 saturated heterocycles. The van der Waals surface area contributed by atoms with Gasteiger partial charge in [0.1, 0.15) is 11.6 Å². The zero-order valence-corrected chi connectivity index (χ0v) is 17.4. The number of hydrogen-bond acceptors (Lipinski definition) is 7. The van der Waals surface area contributed by atoms with E-state index in [2.05, 4.69) is 48.6 Å². The van der Waals surface area contributed by atoms with Crippen molar-refractivity contribution < 1.29 is 4.79 Å². The SMILES string of the molecule is Cc1nc2c(C)nc(NC(=O)N3CCc4c(N5CCN[C@H](C)C5)ccnc43)cn2n1. The molecule has 1 fully saturated rings. The fourth-order valence-electron chi connectivity index (χ4n) is 4.30. The average Bonchev–Trinajstić information content (AvgIpc) is 3.31. The molecule has 1 atom stereocenters. The lowest BCUT2D eigenvalue weighted by Gasteiger charge is -2.34. The van der Waals surface area contributed by atoms with Crippen LogP contribution in [0.1, 0.15) is 24.0 Å². The number of carbonyl (C=O) groups is 1. The minimum Gasteiger partial charge on any atom is -0.368 e. The molecule has 2 N–H and O–H groups in total. The molecule has 2 aliphatic rings. The van der Waals surface area contributed by atoms with Crippen LogP contribution in [0.15, 0.2) is 18.5 Å². The summed E-state index contributed by atoms with van der Waals surface area (Å²) in [6.45, 7) is 9.32. The van der Waals surface area contributed by atoms with Crippen molar-refractivity contribution in [3.63, 3.8) is 0 Å². The number of urea groups is 1. The lowest BCUT2D eigenvalue weighted by Crippen LogP contribution is -2.49. The predicted molar refractivity (Wildman–Crippen MR) is 114 cm³/mol. The zero-order chi connectivity index (χ0) is 20.8. The van der Waals surface area contributed by atoms with Gasteiger partial charge in [-0.2, -0.15) is 5.10 Å². The fraction of sp³-hybridized carbons (Fsp3) is 0.450. The van der Waals surface area contributed by atoms with Crippen LogP contribution in [0.25, 0.3) is 5.65 Å². The number of rotatable bonds is 2. The Balaban J connectivity index is 1.39. The summed E-state index contributed by atoms with van der Waals surface area (Å²) in [5.41, 5.74) is 3.71. The Kier molecular flexibility index (Phi) is 4.50. The average molecular weight is 407 g/mol. The van der Waals surface area contributed by atoms with Crippen LogP contribution in [0.5, 0.6) is 0 Å². The molecule has 2 amide bonds. The summed E-state index contributed by atoms with van der Waals surface area (Å²) in [6, 6.07) is 2.26. The molecule has 2 aliphatic heterocycles. The topological polar surface area (TPSA) is 104 Å². The van der Waals surface area contributed by atoms with E-state index in [0.29, 0.717) is 35.6 Å². The van der Waals surface area contributed by atoms with Crippen molar-refractivity contribution >= 4 is 29.0 Å². The van der Waals surface area contributed by atoms with E-state index in [0.717, 1.165) is 37.4 Å². The minimum absolute atomic E-state index is 0.241. The van der Waals surface area contributed by atoms with Gasteiger partial charge in [0.2, 0.25) is 0 Å². The van der Waals surface area contributed by atoms with Gasteiger partial charge in [0.15, 0.2) is 11.5 Å². The number of carbonyl (C=O) groups excluding carboxylic acids is 1. The Morgan fingerprint density at radius 3 is 2.97 bits per heavy atom. The van der Waals surface area contributed by atoms with Gasteiger partial charge in [-0.25, -0.2) is 24.3 Å². The van der Waals surface area contributed by atoms with Crippen LogP contribution in [0, 0.1) is 13.8 Å². The van der Waals surface area contributed by atoms with E-state index < -0.39 is 0 Å². The van der Waals surface area contributed by atoms with Crippen molar-refractivity contribution in [2.45, 2.75) is 33.2 Å². The first-order valence-electron chi connectivity index (χ1n) is 10.2. The van der Waals surface area contributed by atoms with E-state index in [1.54, 1.807) is 21.8 Å². The minimum atomic E-state index is -0.241. The van der Waals surface area contributed by atoms with Gasteiger partial charge >= 0.3 is 6.03 Å². The van der Waals surface area contributed by atoms with Crippen molar-refractivity contribution in [3.8, 4) is 0 Å². The van der Waals surface area contributed by atoms with Gasteiger partial charge in [-0.05, 0) is 33.3 Å². The molecule has 3 aromatic heterocycles. The molecule has 5 rings (SSSR count). The Morgan fingerprint density at radius 2 is 2.13 bits per heavy atom. The first kappa shape index (κ1) is 18.7. The number of nitrogens with zero attached hydrogens (tertiary/aromatic N) is 7. The molecule has 0 spiro atoms. The second-order valence-corrected chi connectivity index (χ2v) is 7.90. The molecular formula is C20H25N9O. The standard InChI is InChI=1S/C20H25N9O/c1-12-10-27(9-7-21-12)16-4-6-22-19-15(16)5-8-28(19)20(30)25-17-11-29-18(13(2)23-17)24-14(3)26-29/h4,6,11-12,21H,5,7-10H2,1-3H3,(H,25,30)/t12-/m1/s1. The van der Waals surface area contributed by atoms with Crippen LogP contribution in [-0.2, 0) is 6.42 Å². The monoisotopic (exact) mass is 407 g/mol. The third-order valence-corrected chi connectivity index (χ3v) is 5.63. The molecule has 10 heteroatoms. The van der Waals surface area contributed by atoms with Crippen LogP contribution < -0.4 is 20.4 Å². The fourth-order valence-corrected chi connectivity index (χ4v) is 4.30. The van der Waals surface area contributed by atoms with Gasteiger partial charge in [0, 0.05) is 49.7 Å². The van der Waals surface area contributed by atoms with Crippen LogP contribution in [0.4, 0.5) is 22.1 Å². The van der Waals surface area contributed by atoms with E-state index in [1.165, 1.54) is 5.69 Å². The van der Waals surface area contributed by atoms with Gasteiger partial charge < -0.3 is 10.2 Å². The first-order chi connectivity index (χ1) is 14.5. The molecule has 5 heterocycles. The van der Waals surface area contributed by atoms with Crippen molar-refractivity contribution in [1.29, 1.82) is 0 Å². The molecule has 0 radical (unpaired) electrons. The number of aromatic nitrogens is 5. The quantitative estimate of drug-likeness (QED) is 0.664. The number of piperazine rings is 1. The molecule has 0 saturated carbocycles. The van der Waals surface area contributed by atoms with Gasteiger partial charge in [-0.15, -0.1) is 0 Å². The largest absolute Gasteiger partial charge is 0.368 e. The molecule has 156 valence electrons. The van der Waals surface area contributed by atoms with Gasteiger partial charge in [-0.1, -0.05) is 0 Å². The summed E-state index contributed by atoms with van der Waals surface area (Å²) >= 11 is 0. The third kappa shape index (κ3) is 3.22. The molecule has 30 heavy (non-hydrogen) atoms. The van der Waals surface area contributed by atoms with E-state index in [4.69, 9.17) is 0 Å². The smallest absolute Gasteiger partial charge is 0.328 e. The second kappa shape index (κ2) is 7.21. The highest BCUT2D eigenvalue weighted by atomic mass is 16.2. The second-order valence-electron chi connectivity index (χ2n) is 7.90. The van der Waals surface area contributed by atoms with E-state index in [9.17, 15) is 4.79 Å². The molecule has 3 aromatic rings. The number of aryl methyl sites for hydroxylation is 2. The normalized spacial score (nSPS) is 18.7. The summed E-state index contributed by atoms with van der Waals surface area (Å²) < 4.78 is 1.65. The maximum absolute atomic E-state index is 13.0. The highest BCUT2D eigenvalue weighted by Gasteiger charge is 2.30. The first-order valence-corrected chi connectivity index (χ1v) is 10.2. The Hall–Kier alpha value is -3.27. The third-order valence-electron chi connectivity index (χ3n) is 5.63. The number of amides is 2. The number of pyridine rings is 1. The van der Waals surface area contributed by atoms with Crippen LogP contribution in [-0.4, -0.2) is 62.8 Å². The summed E-state index contributed by atoms with van der Waals surface area (Å²) in [4.78, 5) is 30.4. The number of anilines is 3. The maximum Gasteiger partial charge on any atom is 0.328 e. The van der Waals surface area contributed by atoms with Gasteiger partial charge in [-0.3, -0.25) is 10.2 Å². The summed E-state index contributed by atoms with van der Waals surface area (Å²) in [7, 11) is 0. The van der Waals surface area contributed by atoms with Crippen molar-refractivity contribution in [2.75, 3.05) is 41.3 Å². The molecule has 0 aromatic carbocycles. The van der Waals surface area contributed by atoms with Crippen LogP contribution in [0.2, 0.25) is 0 Å². The van der Waals surface area contributed by atoms with Crippen LogP contribution in [0.3, 0.4) is 0 Å². The van der Waals surface area contributed by atoms with Crippen molar-refractivity contribution in [3.05, 3.63) is 35.5 Å². The lowest BCUT2D eigenvalue weighted by molar-refractivity contribution is 0.257. The van der Waals surface area contributed by atoms with E-state index in [-0.39, 0.29) is 6.03 Å². The lowest BCUT2D eigenvalue weighted by atomic mass is 10.1. The molecular weight excluding hydrogens is 382 g/mol. The predicted octanol–water partition coefficient (Wildman–Crippen LogP) is 1.53. The van der Waals surface area contributed by atoms with Crippen molar-refractivity contribution in [1.82, 2.24) is 29.9 Å². The highest BCUT2D eigenvalue weighted by molar-refractivity contribution is 6.02. The summed E-state index contributed by atoms with van der Waals surface area (Å²) in [5.74, 6) is 1.83. The summed E-state index contributed by atoms with van der Waals surface area (Å²) in [5, 5.41) is 10.7. The molecule has 10 nitrogen and oxygen atoms in total. The van der Waals surface area contributed by atoms with Gasteiger partial charge in [0.25, 0.3) is 0 Å².